The highest BCUT2D eigenvalue weighted by molar-refractivity contribution is 7.07. The molecule has 4 heteroatoms. The van der Waals surface area contributed by atoms with Crippen molar-refractivity contribution in [1.29, 1.82) is 0 Å². The number of hydrogen-bond acceptors (Lipinski definition) is 4. The Bertz CT molecular complexity index is 112. The van der Waals surface area contributed by atoms with Gasteiger partial charge in [0, 0.05) is 11.6 Å². The van der Waals surface area contributed by atoms with Gasteiger partial charge in [-0.05, 0) is 0 Å². The minimum atomic E-state index is 0.375. The van der Waals surface area contributed by atoms with E-state index in [1.165, 1.54) is 7.11 Å². The smallest absolute Gasteiger partial charge is 0.292 e. The summed E-state index contributed by atoms with van der Waals surface area (Å²) >= 11 is 1.60. The van der Waals surface area contributed by atoms with Gasteiger partial charge >= 0.3 is 0 Å². The second kappa shape index (κ2) is 7.10. The number of carbonyl (C=O) groups is 1. The minimum Gasteiger partial charge on any atom is -0.471 e. The van der Waals surface area contributed by atoms with E-state index in [2.05, 4.69) is 9.72 Å². The molecule has 0 aliphatic rings. The van der Waals surface area contributed by atoms with Crippen molar-refractivity contribution in [3.63, 3.8) is 0 Å². The van der Waals surface area contributed by atoms with E-state index in [1.54, 1.807) is 23.0 Å². The molecule has 0 N–H and O–H groups in total. The van der Waals surface area contributed by atoms with Crippen molar-refractivity contribution in [2.45, 2.75) is 0 Å². The van der Waals surface area contributed by atoms with Crippen LogP contribution in [0.25, 0.3) is 0 Å². The van der Waals surface area contributed by atoms with Crippen LogP contribution in [0.2, 0.25) is 0 Å². The summed E-state index contributed by atoms with van der Waals surface area (Å²) < 4.78 is 3.86. The van der Waals surface area contributed by atoms with Crippen LogP contribution in [0.4, 0.5) is 0 Å². The standard InChI is InChI=1S/C3H3NS.C2H4O2/c1-2-5-3-4-1;1-4-2-3/h1-3H;2H,1H3. The van der Waals surface area contributed by atoms with Crippen molar-refractivity contribution in [1.82, 2.24) is 4.98 Å². The van der Waals surface area contributed by atoms with Crippen molar-refractivity contribution in [3.05, 3.63) is 17.1 Å². The van der Waals surface area contributed by atoms with Gasteiger partial charge in [0.25, 0.3) is 6.47 Å². The fraction of sp³-hybridized carbons (Fsp3) is 0.200. The van der Waals surface area contributed by atoms with E-state index in [0.717, 1.165) is 0 Å². The number of nitrogens with zero attached hydrogens (tertiary/aromatic N) is 1. The third kappa shape index (κ3) is 7.10. The molecule has 0 aromatic carbocycles. The molecule has 0 saturated heterocycles. The first-order valence-electron chi connectivity index (χ1n) is 2.20. The Balaban J connectivity index is 0.000000148. The molecule has 0 aliphatic heterocycles. The first kappa shape index (κ1) is 8.10. The molecule has 0 radical (unpaired) electrons. The number of ether oxygens (including phenoxy) is 1. The van der Waals surface area contributed by atoms with E-state index in [1.807, 2.05) is 5.38 Å². The van der Waals surface area contributed by atoms with Gasteiger partial charge < -0.3 is 4.74 Å². The number of rotatable bonds is 1. The van der Waals surface area contributed by atoms with Gasteiger partial charge in [0.1, 0.15) is 0 Å². The van der Waals surface area contributed by atoms with Crippen LogP contribution in [0.1, 0.15) is 0 Å². The van der Waals surface area contributed by atoms with Gasteiger partial charge in [-0.15, -0.1) is 11.3 Å². The monoisotopic (exact) mass is 145 g/mol. The first-order valence-corrected chi connectivity index (χ1v) is 3.14. The van der Waals surface area contributed by atoms with Crippen LogP contribution in [-0.2, 0) is 9.53 Å². The van der Waals surface area contributed by atoms with Crippen LogP contribution < -0.4 is 0 Å². The number of methoxy groups -OCH3 is 1. The Labute approximate surface area is 57.3 Å². The van der Waals surface area contributed by atoms with Crippen molar-refractivity contribution < 1.29 is 9.53 Å². The normalized spacial score (nSPS) is 6.78. The van der Waals surface area contributed by atoms with E-state index in [4.69, 9.17) is 4.79 Å². The SMILES string of the molecule is COC=O.c1cscn1. The number of hydrogen-bond donors (Lipinski definition) is 0. The predicted octanol–water partition coefficient (Wildman–Crippen LogP) is 0.932. The van der Waals surface area contributed by atoms with Crippen LogP contribution >= 0.6 is 11.3 Å². The second-order valence-corrected chi connectivity index (χ2v) is 1.76. The molecule has 0 spiro atoms. The maximum absolute atomic E-state index is 8.95. The lowest BCUT2D eigenvalue weighted by molar-refractivity contribution is -0.126. The molecule has 0 aliphatic carbocycles. The Hall–Kier alpha value is -0.900. The van der Waals surface area contributed by atoms with Crippen molar-refractivity contribution in [2.75, 3.05) is 7.11 Å². The first-order chi connectivity index (χ1) is 4.41. The molecule has 9 heavy (non-hydrogen) atoms. The third-order valence-electron chi connectivity index (χ3n) is 0.443. The molecule has 1 aromatic rings. The summed E-state index contributed by atoms with van der Waals surface area (Å²) in [6.07, 6.45) is 1.77. The van der Waals surface area contributed by atoms with Crippen molar-refractivity contribution in [2.24, 2.45) is 0 Å². The molecule has 1 aromatic heterocycles. The molecular formula is C5H7NO2S. The third-order valence-corrected chi connectivity index (χ3v) is 0.966. The summed E-state index contributed by atoms with van der Waals surface area (Å²) in [4.78, 5) is 12.7. The molecule has 0 unspecified atom stereocenters. The van der Waals surface area contributed by atoms with E-state index in [0.29, 0.717) is 6.47 Å². The summed E-state index contributed by atoms with van der Waals surface area (Å²) in [5.74, 6) is 0. The molecule has 0 amide bonds. The zero-order chi connectivity index (χ0) is 6.95. The summed E-state index contributed by atoms with van der Waals surface area (Å²) in [5.41, 5.74) is 1.79. The van der Waals surface area contributed by atoms with Crippen molar-refractivity contribution >= 4 is 17.8 Å². The molecule has 0 atom stereocenters. The van der Waals surface area contributed by atoms with Crippen LogP contribution in [0.3, 0.4) is 0 Å². The molecule has 1 rings (SSSR count). The second-order valence-electron chi connectivity index (χ2n) is 1.01. The summed E-state index contributed by atoms with van der Waals surface area (Å²) in [6.45, 7) is 0.375. The lowest BCUT2D eigenvalue weighted by atomic mass is 11.0. The number of aromatic nitrogens is 1. The summed E-state index contributed by atoms with van der Waals surface area (Å²) in [7, 11) is 1.31. The lowest BCUT2D eigenvalue weighted by Crippen LogP contribution is -1.68. The molecule has 3 nitrogen and oxygen atoms in total. The van der Waals surface area contributed by atoms with Gasteiger partial charge in [-0.2, -0.15) is 0 Å². The summed E-state index contributed by atoms with van der Waals surface area (Å²) in [5, 5.41) is 1.93. The zero-order valence-corrected chi connectivity index (χ0v) is 5.80. The largest absolute Gasteiger partial charge is 0.471 e. The van der Waals surface area contributed by atoms with Crippen LogP contribution in [0, 0.1) is 0 Å². The Kier molecular flexibility index (Phi) is 6.39. The lowest BCUT2D eigenvalue weighted by Gasteiger charge is -1.67. The van der Waals surface area contributed by atoms with Gasteiger partial charge in [0.05, 0.1) is 12.6 Å². The highest BCUT2D eigenvalue weighted by Gasteiger charge is 1.59. The fourth-order valence-corrected chi connectivity index (χ4v) is 0.527. The molecule has 1 heterocycles. The van der Waals surface area contributed by atoms with Crippen LogP contribution in [-0.4, -0.2) is 18.6 Å². The topological polar surface area (TPSA) is 39.2 Å². The number of carbonyl (C=O) groups excluding carboxylic acids is 1. The Morgan fingerprint density at radius 1 is 1.78 bits per heavy atom. The van der Waals surface area contributed by atoms with E-state index in [9.17, 15) is 0 Å². The predicted molar refractivity (Wildman–Crippen MR) is 35.2 cm³/mol. The maximum atomic E-state index is 8.95. The average Bonchev–Trinajstić information content (AvgIpc) is 2.43. The van der Waals surface area contributed by atoms with Gasteiger partial charge in [0.15, 0.2) is 0 Å². The zero-order valence-electron chi connectivity index (χ0n) is 4.98. The van der Waals surface area contributed by atoms with E-state index >= 15 is 0 Å². The molecule has 0 fully saturated rings. The van der Waals surface area contributed by atoms with Crippen LogP contribution in [0.5, 0.6) is 0 Å². The fourth-order valence-electron chi connectivity index (χ4n) is 0.176. The van der Waals surface area contributed by atoms with E-state index < -0.39 is 0 Å². The molecule has 0 saturated carbocycles. The van der Waals surface area contributed by atoms with Gasteiger partial charge in [-0.25, -0.2) is 0 Å². The van der Waals surface area contributed by atoms with Gasteiger partial charge in [-0.3, -0.25) is 9.78 Å². The maximum Gasteiger partial charge on any atom is 0.292 e. The summed E-state index contributed by atoms with van der Waals surface area (Å²) in [6, 6.07) is 0. The van der Waals surface area contributed by atoms with Gasteiger partial charge in [-0.1, -0.05) is 0 Å². The minimum absolute atomic E-state index is 0.375. The number of thiazole rings is 1. The molecular weight excluding hydrogens is 138 g/mol. The molecule has 0 bridgehead atoms. The van der Waals surface area contributed by atoms with Crippen LogP contribution in [0.15, 0.2) is 17.1 Å². The van der Waals surface area contributed by atoms with Gasteiger partial charge in [0.2, 0.25) is 0 Å². The van der Waals surface area contributed by atoms with Crippen molar-refractivity contribution in [3.8, 4) is 0 Å². The Morgan fingerprint density at radius 3 is 2.56 bits per heavy atom. The quantitative estimate of drug-likeness (QED) is 0.552. The highest BCUT2D eigenvalue weighted by atomic mass is 32.1. The highest BCUT2D eigenvalue weighted by Crippen LogP contribution is 1.85. The van der Waals surface area contributed by atoms with E-state index in [-0.39, 0.29) is 0 Å². The molecule has 50 valence electrons. The average molecular weight is 145 g/mol. The Morgan fingerprint density at radius 2 is 2.44 bits per heavy atom.